The molecule has 0 aromatic carbocycles. The molecule has 3 atom stereocenters. The first-order valence-corrected chi connectivity index (χ1v) is 11.7. The fraction of sp³-hybridized carbons (Fsp3) is 0.458. The van der Waals surface area contributed by atoms with Crippen LogP contribution in [0.25, 0.3) is 16.7 Å². The Morgan fingerprint density at radius 2 is 2.12 bits per heavy atom. The second kappa shape index (κ2) is 8.57. The third-order valence-corrected chi connectivity index (χ3v) is 7.04. The van der Waals surface area contributed by atoms with E-state index in [2.05, 4.69) is 46.8 Å². The molecule has 1 aliphatic rings. The highest BCUT2D eigenvalue weighted by Gasteiger charge is 2.35. The molecule has 1 aliphatic heterocycles. The standard InChI is InChI=1S/C24H29N9O/c1-5-18-14-31(20-12-23(34)29(4)21-15-30(11-8-25)28-24(20)21)16(2)13-32(18)17(3)19-7-10-33-22(27-19)6-9-26-33/h6-7,9-10,12,15-18H,5,11,13-14H2,1-4H3/t16-,17?,18+/m0/s1. The Morgan fingerprint density at radius 3 is 2.88 bits per heavy atom. The summed E-state index contributed by atoms with van der Waals surface area (Å²) in [5.74, 6) is 0. The van der Waals surface area contributed by atoms with Gasteiger partial charge in [-0.25, -0.2) is 9.50 Å². The molecule has 1 unspecified atom stereocenters. The highest BCUT2D eigenvalue weighted by Crippen LogP contribution is 2.33. The van der Waals surface area contributed by atoms with Crippen molar-refractivity contribution in [1.82, 2.24) is 33.8 Å². The van der Waals surface area contributed by atoms with E-state index in [0.29, 0.717) is 0 Å². The molecule has 4 aromatic heterocycles. The summed E-state index contributed by atoms with van der Waals surface area (Å²) >= 11 is 0. The summed E-state index contributed by atoms with van der Waals surface area (Å²) in [5.41, 5.74) is 4.14. The fourth-order valence-electron chi connectivity index (χ4n) is 5.08. The molecule has 0 spiro atoms. The van der Waals surface area contributed by atoms with Gasteiger partial charge in [0, 0.05) is 56.6 Å². The van der Waals surface area contributed by atoms with Gasteiger partial charge < -0.3 is 9.47 Å². The Balaban J connectivity index is 1.48. The SMILES string of the molecule is CC[C@@H]1CN(c2cc(=O)n(C)c3cn(CC#N)nc23)[C@@H](C)CN1C(C)c1ccn2nccc2n1. The summed E-state index contributed by atoms with van der Waals surface area (Å²) in [6.45, 7) is 8.36. The van der Waals surface area contributed by atoms with E-state index in [1.165, 1.54) is 0 Å². The Bertz CT molecular complexity index is 1440. The number of aryl methyl sites for hydroxylation is 1. The lowest BCUT2D eigenvalue weighted by molar-refractivity contribution is 0.104. The summed E-state index contributed by atoms with van der Waals surface area (Å²) in [6.07, 6.45) is 6.47. The van der Waals surface area contributed by atoms with Crippen LogP contribution in [-0.2, 0) is 13.6 Å². The largest absolute Gasteiger partial charge is 0.364 e. The van der Waals surface area contributed by atoms with Gasteiger partial charge in [-0.05, 0) is 26.3 Å². The molecule has 34 heavy (non-hydrogen) atoms. The molecular weight excluding hydrogens is 430 g/mol. The van der Waals surface area contributed by atoms with Crippen LogP contribution in [0.4, 0.5) is 5.69 Å². The number of pyridine rings is 1. The highest BCUT2D eigenvalue weighted by atomic mass is 16.1. The minimum Gasteiger partial charge on any atom is -0.364 e. The van der Waals surface area contributed by atoms with Gasteiger partial charge in [-0.1, -0.05) is 6.92 Å². The second-order valence-electron chi connectivity index (χ2n) is 9.07. The van der Waals surface area contributed by atoms with E-state index < -0.39 is 0 Å². The van der Waals surface area contributed by atoms with Gasteiger partial charge in [-0.2, -0.15) is 15.5 Å². The van der Waals surface area contributed by atoms with Crippen molar-refractivity contribution in [3.8, 4) is 6.07 Å². The molecule has 5 rings (SSSR count). The number of nitrogens with zero attached hydrogens (tertiary/aromatic N) is 9. The first-order valence-electron chi connectivity index (χ1n) is 11.7. The van der Waals surface area contributed by atoms with Crippen LogP contribution in [0.2, 0.25) is 0 Å². The summed E-state index contributed by atoms with van der Waals surface area (Å²) in [6, 6.07) is 8.37. The number of nitriles is 1. The zero-order valence-corrected chi connectivity index (χ0v) is 20.0. The van der Waals surface area contributed by atoms with E-state index in [4.69, 9.17) is 10.2 Å². The lowest BCUT2D eigenvalue weighted by atomic mass is 10.00. The van der Waals surface area contributed by atoms with Crippen molar-refractivity contribution < 1.29 is 0 Å². The lowest BCUT2D eigenvalue weighted by Gasteiger charge is -2.48. The van der Waals surface area contributed by atoms with E-state index >= 15 is 0 Å². The number of hydrogen-bond donors (Lipinski definition) is 0. The molecule has 5 heterocycles. The molecule has 176 valence electrons. The molecule has 0 radical (unpaired) electrons. The van der Waals surface area contributed by atoms with Crippen LogP contribution in [0.1, 0.15) is 38.9 Å². The molecule has 10 nitrogen and oxygen atoms in total. The number of fused-ring (bicyclic) bond motifs is 2. The van der Waals surface area contributed by atoms with Gasteiger partial charge in [0.05, 0.1) is 35.4 Å². The average Bonchev–Trinajstić information content (AvgIpc) is 3.48. The van der Waals surface area contributed by atoms with Gasteiger partial charge in [0.25, 0.3) is 5.56 Å². The summed E-state index contributed by atoms with van der Waals surface area (Å²) in [5, 5.41) is 18.0. The van der Waals surface area contributed by atoms with E-state index in [1.807, 2.05) is 18.3 Å². The maximum absolute atomic E-state index is 12.8. The molecule has 1 fully saturated rings. The number of piperazine rings is 1. The number of rotatable bonds is 5. The molecule has 0 saturated carbocycles. The summed E-state index contributed by atoms with van der Waals surface area (Å²) in [4.78, 5) is 22.4. The molecule has 0 N–H and O–H groups in total. The van der Waals surface area contributed by atoms with Crippen molar-refractivity contribution in [2.45, 2.75) is 51.9 Å². The van der Waals surface area contributed by atoms with Crippen molar-refractivity contribution >= 4 is 22.4 Å². The van der Waals surface area contributed by atoms with E-state index in [9.17, 15) is 4.79 Å². The maximum Gasteiger partial charge on any atom is 0.252 e. The minimum atomic E-state index is -0.0756. The normalized spacial score (nSPS) is 20.1. The van der Waals surface area contributed by atoms with Crippen LogP contribution in [0.15, 0.2) is 41.6 Å². The molecule has 1 saturated heterocycles. The zero-order chi connectivity index (χ0) is 24.0. The topological polar surface area (TPSA) is 100 Å². The molecule has 0 bridgehead atoms. The zero-order valence-electron chi connectivity index (χ0n) is 20.0. The van der Waals surface area contributed by atoms with Crippen molar-refractivity contribution in [2.75, 3.05) is 18.0 Å². The highest BCUT2D eigenvalue weighted by molar-refractivity contribution is 5.88. The van der Waals surface area contributed by atoms with Crippen LogP contribution < -0.4 is 10.5 Å². The van der Waals surface area contributed by atoms with Gasteiger partial charge >= 0.3 is 0 Å². The van der Waals surface area contributed by atoms with Crippen LogP contribution >= 0.6 is 0 Å². The van der Waals surface area contributed by atoms with Gasteiger partial charge in [0.2, 0.25) is 0 Å². The lowest BCUT2D eigenvalue weighted by Crippen LogP contribution is -2.58. The first kappa shape index (κ1) is 22.1. The van der Waals surface area contributed by atoms with Crippen LogP contribution in [-0.4, -0.2) is 59.0 Å². The Labute approximate surface area is 197 Å². The molecule has 0 amide bonds. The maximum atomic E-state index is 12.8. The first-order chi connectivity index (χ1) is 16.4. The van der Waals surface area contributed by atoms with Crippen molar-refractivity contribution in [1.29, 1.82) is 5.26 Å². The predicted molar refractivity (Wildman–Crippen MR) is 130 cm³/mol. The Hall–Kier alpha value is -3.71. The number of aromatic nitrogens is 6. The second-order valence-corrected chi connectivity index (χ2v) is 9.07. The van der Waals surface area contributed by atoms with Crippen LogP contribution in [0.3, 0.4) is 0 Å². The van der Waals surface area contributed by atoms with Gasteiger partial charge in [-0.15, -0.1) is 0 Å². The third kappa shape index (κ3) is 3.62. The van der Waals surface area contributed by atoms with E-state index in [0.717, 1.165) is 47.6 Å². The summed E-state index contributed by atoms with van der Waals surface area (Å²) in [7, 11) is 1.75. The van der Waals surface area contributed by atoms with E-state index in [-0.39, 0.29) is 30.2 Å². The Morgan fingerprint density at radius 1 is 1.29 bits per heavy atom. The van der Waals surface area contributed by atoms with Gasteiger partial charge in [0.1, 0.15) is 12.1 Å². The van der Waals surface area contributed by atoms with Gasteiger partial charge in [0.15, 0.2) is 5.65 Å². The molecular formula is C24H29N9O. The predicted octanol–water partition coefficient (Wildman–Crippen LogP) is 2.35. The van der Waals surface area contributed by atoms with Gasteiger partial charge in [-0.3, -0.25) is 14.4 Å². The van der Waals surface area contributed by atoms with Crippen molar-refractivity contribution in [3.05, 3.63) is 52.8 Å². The molecule has 0 aliphatic carbocycles. The smallest absolute Gasteiger partial charge is 0.252 e. The third-order valence-electron chi connectivity index (χ3n) is 7.04. The monoisotopic (exact) mass is 459 g/mol. The average molecular weight is 460 g/mol. The molecule has 4 aromatic rings. The number of hydrogen-bond acceptors (Lipinski definition) is 7. The van der Waals surface area contributed by atoms with Crippen molar-refractivity contribution in [2.24, 2.45) is 7.05 Å². The fourth-order valence-corrected chi connectivity index (χ4v) is 5.08. The van der Waals surface area contributed by atoms with Crippen molar-refractivity contribution in [3.63, 3.8) is 0 Å². The van der Waals surface area contributed by atoms with Crippen LogP contribution in [0, 0.1) is 11.3 Å². The Kier molecular flexibility index (Phi) is 5.57. The van der Waals surface area contributed by atoms with E-state index in [1.54, 1.807) is 39.3 Å². The quantitative estimate of drug-likeness (QED) is 0.452. The number of anilines is 1. The van der Waals surface area contributed by atoms with Crippen LogP contribution in [0.5, 0.6) is 0 Å². The summed E-state index contributed by atoms with van der Waals surface area (Å²) < 4.78 is 4.98. The molecule has 10 heteroatoms. The minimum absolute atomic E-state index is 0.0756.